The molecule has 0 atom stereocenters. The Kier molecular flexibility index (Phi) is 5.13. The van der Waals surface area contributed by atoms with E-state index in [1.165, 1.54) is 0 Å². The smallest absolute Gasteiger partial charge is 0.410 e. The molecule has 7 heteroatoms. The van der Waals surface area contributed by atoms with Crippen molar-refractivity contribution in [1.29, 1.82) is 0 Å². The first-order valence-corrected chi connectivity index (χ1v) is 7.16. The molecule has 0 saturated carbocycles. The molecule has 0 unspecified atom stereocenters. The predicted octanol–water partition coefficient (Wildman–Crippen LogP) is 1.48. The Morgan fingerprint density at radius 2 is 2.06 bits per heavy atom. The lowest BCUT2D eigenvalue weighted by atomic mass is 9.95. The number of amides is 1. The number of likely N-dealkylation sites (tertiary alicyclic amines) is 1. The second kappa shape index (κ2) is 6.17. The van der Waals surface area contributed by atoms with Crippen molar-refractivity contribution in [2.75, 3.05) is 19.3 Å². The number of hydrogen-bond acceptors (Lipinski definition) is 5. The number of ether oxygens (including phenoxy) is 1. The van der Waals surface area contributed by atoms with E-state index in [1.54, 1.807) is 16.7 Å². The monoisotopic (exact) mass is 275 g/mol. The van der Waals surface area contributed by atoms with Gasteiger partial charge in [0.1, 0.15) is 0 Å². The van der Waals surface area contributed by atoms with Crippen molar-refractivity contribution in [2.45, 2.75) is 37.5 Å². The molecule has 104 valence electrons. The average Bonchev–Trinajstić information content (AvgIpc) is 2.37. The number of thioether (sulfide) groups is 1. The number of rotatable bonds is 3. The molecule has 3 N–H and O–H groups in total. The van der Waals surface area contributed by atoms with Gasteiger partial charge in [0, 0.05) is 13.1 Å². The molecular formula is C11H21N3O3S. The predicted molar refractivity (Wildman–Crippen MR) is 72.1 cm³/mol. The maximum absolute atomic E-state index is 11.7. The third kappa shape index (κ3) is 3.22. The number of oxime groups is 1. The maximum Gasteiger partial charge on any atom is 0.410 e. The Morgan fingerprint density at radius 1 is 1.50 bits per heavy atom. The van der Waals surface area contributed by atoms with Gasteiger partial charge in [0.2, 0.25) is 0 Å². The third-order valence-corrected chi connectivity index (χ3v) is 4.53. The number of nitrogens with zero attached hydrogens (tertiary/aromatic N) is 2. The van der Waals surface area contributed by atoms with Gasteiger partial charge in [-0.2, -0.15) is 11.8 Å². The summed E-state index contributed by atoms with van der Waals surface area (Å²) in [5, 5.41) is 11.9. The fourth-order valence-corrected chi connectivity index (χ4v) is 2.82. The molecule has 18 heavy (non-hydrogen) atoms. The van der Waals surface area contributed by atoms with Crippen LogP contribution < -0.4 is 5.73 Å². The zero-order chi connectivity index (χ0) is 13.8. The van der Waals surface area contributed by atoms with Gasteiger partial charge in [-0.05, 0) is 32.9 Å². The molecular weight excluding hydrogens is 254 g/mol. The molecule has 1 aliphatic heterocycles. The summed E-state index contributed by atoms with van der Waals surface area (Å²) < 4.78 is 4.78. The highest BCUT2D eigenvalue weighted by atomic mass is 32.2. The van der Waals surface area contributed by atoms with Crippen molar-refractivity contribution in [3.8, 4) is 0 Å². The van der Waals surface area contributed by atoms with Crippen LogP contribution in [0.15, 0.2) is 5.16 Å². The number of carbonyl (C=O) groups excluding carboxylic acids is 1. The summed E-state index contributed by atoms with van der Waals surface area (Å²) in [6.45, 7) is 4.76. The largest absolute Gasteiger partial charge is 0.447 e. The van der Waals surface area contributed by atoms with Crippen LogP contribution in [-0.4, -0.2) is 52.2 Å². The fourth-order valence-electron chi connectivity index (χ4n) is 1.98. The molecule has 0 radical (unpaired) electrons. The van der Waals surface area contributed by atoms with Crippen LogP contribution in [0, 0.1) is 0 Å². The molecule has 0 bridgehead atoms. The molecule has 1 fully saturated rings. The second-order valence-electron chi connectivity index (χ2n) is 4.60. The van der Waals surface area contributed by atoms with Gasteiger partial charge in [0.25, 0.3) is 0 Å². The standard InChI is InChI=1S/C11H21N3O3S/c1-8(2)17-10(15)14-6-4-11(18-3,5-7-14)9(12)13-16/h8,16H,4-7H2,1-3H3,(H2,12,13). The van der Waals surface area contributed by atoms with E-state index >= 15 is 0 Å². The first-order chi connectivity index (χ1) is 8.45. The molecule has 6 nitrogen and oxygen atoms in total. The normalized spacial score (nSPS) is 20.0. The van der Waals surface area contributed by atoms with Crippen molar-refractivity contribution in [3.05, 3.63) is 0 Å². The van der Waals surface area contributed by atoms with E-state index in [-0.39, 0.29) is 22.8 Å². The van der Waals surface area contributed by atoms with Crippen LogP contribution in [0.5, 0.6) is 0 Å². The van der Waals surface area contributed by atoms with Gasteiger partial charge >= 0.3 is 6.09 Å². The van der Waals surface area contributed by atoms with Crippen LogP contribution in [0.4, 0.5) is 4.79 Å². The Labute approximate surface area is 112 Å². The lowest BCUT2D eigenvalue weighted by molar-refractivity contribution is 0.0700. The van der Waals surface area contributed by atoms with Crippen LogP contribution >= 0.6 is 11.8 Å². The topological polar surface area (TPSA) is 88.2 Å². The Balaban J connectivity index is 2.62. The van der Waals surface area contributed by atoms with Crippen LogP contribution in [-0.2, 0) is 4.74 Å². The number of amidine groups is 1. The van der Waals surface area contributed by atoms with Crippen molar-refractivity contribution in [1.82, 2.24) is 4.90 Å². The van der Waals surface area contributed by atoms with E-state index in [1.807, 2.05) is 20.1 Å². The minimum absolute atomic E-state index is 0.117. The molecule has 0 aromatic heterocycles. The summed E-state index contributed by atoms with van der Waals surface area (Å²) in [5.74, 6) is 0.229. The van der Waals surface area contributed by atoms with E-state index in [2.05, 4.69) is 5.16 Å². The first-order valence-electron chi connectivity index (χ1n) is 5.94. The summed E-state index contributed by atoms with van der Waals surface area (Å²) in [5.41, 5.74) is 5.74. The quantitative estimate of drug-likeness (QED) is 0.352. The number of piperidine rings is 1. The second-order valence-corrected chi connectivity index (χ2v) is 5.79. The SMILES string of the molecule is CSC1(C(N)=NO)CCN(C(=O)OC(C)C)CC1. The average molecular weight is 275 g/mol. The van der Waals surface area contributed by atoms with E-state index in [9.17, 15) is 4.79 Å². The molecule has 1 amide bonds. The van der Waals surface area contributed by atoms with Crippen LogP contribution in [0.3, 0.4) is 0 Å². The van der Waals surface area contributed by atoms with E-state index in [0.717, 1.165) is 0 Å². The maximum atomic E-state index is 11.7. The highest BCUT2D eigenvalue weighted by Crippen LogP contribution is 2.34. The van der Waals surface area contributed by atoms with Gasteiger partial charge < -0.3 is 20.6 Å². The lowest BCUT2D eigenvalue weighted by Crippen LogP contribution is -2.51. The highest BCUT2D eigenvalue weighted by molar-refractivity contribution is 8.00. The minimum atomic E-state index is -0.372. The molecule has 1 rings (SSSR count). The van der Waals surface area contributed by atoms with Gasteiger partial charge in [-0.1, -0.05) is 5.16 Å². The van der Waals surface area contributed by atoms with Crippen LogP contribution in [0.25, 0.3) is 0 Å². The third-order valence-electron chi connectivity index (χ3n) is 3.13. The highest BCUT2D eigenvalue weighted by Gasteiger charge is 2.39. The molecule has 0 aliphatic carbocycles. The molecule has 0 aromatic carbocycles. The van der Waals surface area contributed by atoms with E-state index in [0.29, 0.717) is 25.9 Å². The van der Waals surface area contributed by atoms with Gasteiger partial charge in [-0.25, -0.2) is 4.79 Å². The zero-order valence-electron chi connectivity index (χ0n) is 11.0. The Bertz CT molecular complexity index is 325. The first kappa shape index (κ1) is 14.9. The fraction of sp³-hybridized carbons (Fsp3) is 0.818. The van der Waals surface area contributed by atoms with E-state index < -0.39 is 0 Å². The molecule has 0 spiro atoms. The number of hydrogen-bond donors (Lipinski definition) is 2. The summed E-state index contributed by atoms with van der Waals surface area (Å²) in [6.07, 6.45) is 2.85. The van der Waals surface area contributed by atoms with Crippen molar-refractivity contribution in [3.63, 3.8) is 0 Å². The van der Waals surface area contributed by atoms with Crippen LogP contribution in [0.1, 0.15) is 26.7 Å². The van der Waals surface area contributed by atoms with Crippen molar-refractivity contribution in [2.24, 2.45) is 10.9 Å². The summed E-state index contributed by atoms with van der Waals surface area (Å²) in [6, 6.07) is 0. The molecule has 1 aliphatic rings. The van der Waals surface area contributed by atoms with Gasteiger partial charge in [-0.3, -0.25) is 0 Å². The Hall–Kier alpha value is -1.11. The molecule has 1 heterocycles. The molecule has 1 saturated heterocycles. The minimum Gasteiger partial charge on any atom is -0.447 e. The zero-order valence-corrected chi connectivity index (χ0v) is 11.9. The van der Waals surface area contributed by atoms with Crippen LogP contribution in [0.2, 0.25) is 0 Å². The summed E-state index contributed by atoms with van der Waals surface area (Å²) in [4.78, 5) is 13.4. The van der Waals surface area contributed by atoms with Gasteiger partial charge in [-0.15, -0.1) is 0 Å². The number of nitrogens with two attached hydrogens (primary N) is 1. The van der Waals surface area contributed by atoms with E-state index in [4.69, 9.17) is 15.7 Å². The van der Waals surface area contributed by atoms with Crippen molar-refractivity contribution < 1.29 is 14.7 Å². The van der Waals surface area contributed by atoms with Crippen molar-refractivity contribution >= 4 is 23.7 Å². The summed E-state index contributed by atoms with van der Waals surface area (Å²) in [7, 11) is 0. The number of carbonyl (C=O) groups is 1. The van der Waals surface area contributed by atoms with Gasteiger partial charge in [0.05, 0.1) is 10.9 Å². The molecule has 0 aromatic rings. The lowest BCUT2D eigenvalue weighted by Gasteiger charge is -2.39. The summed E-state index contributed by atoms with van der Waals surface area (Å²) >= 11 is 1.56. The Morgan fingerprint density at radius 3 is 2.44 bits per heavy atom. The van der Waals surface area contributed by atoms with Gasteiger partial charge in [0.15, 0.2) is 5.84 Å².